The normalized spacial score (nSPS) is 10.9. The number of aromatic nitrogens is 2. The van der Waals surface area contributed by atoms with Crippen LogP contribution in [0.5, 0.6) is 5.75 Å². The van der Waals surface area contributed by atoms with E-state index in [1.807, 2.05) is 12.1 Å². The van der Waals surface area contributed by atoms with Crippen LogP contribution in [-0.4, -0.2) is 16.7 Å². The fraction of sp³-hybridized carbons (Fsp3) is 0.129. The topological polar surface area (TPSA) is 27.1 Å². The molecule has 0 radical (unpaired) electrons. The maximum atomic E-state index is 5.40. The molecule has 0 spiro atoms. The molecule has 0 N–H and O–H groups in total. The molecule has 3 heteroatoms. The van der Waals surface area contributed by atoms with Crippen molar-refractivity contribution in [2.45, 2.75) is 20.4 Å². The van der Waals surface area contributed by atoms with Crippen LogP contribution in [0, 0.1) is 13.8 Å². The molecule has 1 aromatic heterocycles. The molecule has 0 atom stereocenters. The van der Waals surface area contributed by atoms with E-state index in [1.54, 1.807) is 7.11 Å². The van der Waals surface area contributed by atoms with Gasteiger partial charge in [0, 0.05) is 23.2 Å². The van der Waals surface area contributed by atoms with Gasteiger partial charge in [-0.25, -0.2) is 4.98 Å². The van der Waals surface area contributed by atoms with E-state index in [-0.39, 0.29) is 0 Å². The highest BCUT2D eigenvalue weighted by atomic mass is 16.5. The van der Waals surface area contributed by atoms with Crippen LogP contribution in [0.3, 0.4) is 0 Å². The number of hydrogen-bond donors (Lipinski definition) is 0. The van der Waals surface area contributed by atoms with Crippen molar-refractivity contribution in [3.63, 3.8) is 0 Å². The lowest BCUT2D eigenvalue weighted by molar-refractivity contribution is 0.415. The number of ether oxygens (including phenoxy) is 1. The molecular weight excluding hydrogens is 416 g/mol. The molecule has 1 heterocycles. The first-order chi connectivity index (χ1) is 16.7. The molecule has 168 valence electrons. The van der Waals surface area contributed by atoms with Crippen LogP contribution in [0.2, 0.25) is 0 Å². The second-order valence-electron chi connectivity index (χ2n) is 8.56. The minimum atomic E-state index is 0.727. The smallest absolute Gasteiger partial charge is 0.141 e. The van der Waals surface area contributed by atoms with E-state index in [4.69, 9.17) is 9.72 Å². The third kappa shape index (κ3) is 4.13. The van der Waals surface area contributed by atoms with Crippen molar-refractivity contribution in [2.24, 2.45) is 0 Å². The Morgan fingerprint density at radius 3 is 1.88 bits per heavy atom. The Hall–Kier alpha value is -4.11. The number of benzene rings is 4. The molecule has 4 aromatic carbocycles. The number of imidazole rings is 1. The maximum Gasteiger partial charge on any atom is 0.141 e. The Labute approximate surface area is 201 Å². The van der Waals surface area contributed by atoms with Gasteiger partial charge in [-0.2, -0.15) is 0 Å². The van der Waals surface area contributed by atoms with Gasteiger partial charge in [-0.3, -0.25) is 0 Å². The van der Waals surface area contributed by atoms with Crippen molar-refractivity contribution in [3.05, 3.63) is 120 Å². The second-order valence-corrected chi connectivity index (χ2v) is 8.56. The van der Waals surface area contributed by atoms with Gasteiger partial charge >= 0.3 is 0 Å². The zero-order valence-corrected chi connectivity index (χ0v) is 19.8. The Morgan fingerprint density at radius 2 is 1.26 bits per heavy atom. The molecule has 0 fully saturated rings. The molecule has 5 aromatic rings. The Bertz CT molecular complexity index is 1420. The van der Waals surface area contributed by atoms with E-state index < -0.39 is 0 Å². The largest absolute Gasteiger partial charge is 0.497 e. The molecule has 3 nitrogen and oxygen atoms in total. The Kier molecular flexibility index (Phi) is 6.01. The third-order valence-corrected chi connectivity index (χ3v) is 6.30. The number of nitrogens with zero attached hydrogens (tertiary/aromatic N) is 2. The van der Waals surface area contributed by atoms with E-state index in [2.05, 4.69) is 109 Å². The van der Waals surface area contributed by atoms with Gasteiger partial charge < -0.3 is 9.30 Å². The van der Waals surface area contributed by atoms with Gasteiger partial charge in [0.25, 0.3) is 0 Å². The molecular formula is C31H28N2O. The van der Waals surface area contributed by atoms with Gasteiger partial charge in [0.1, 0.15) is 11.6 Å². The van der Waals surface area contributed by atoms with Gasteiger partial charge in [0.15, 0.2) is 0 Å². The number of rotatable bonds is 6. The first-order valence-corrected chi connectivity index (χ1v) is 11.6. The zero-order valence-electron chi connectivity index (χ0n) is 19.8. The van der Waals surface area contributed by atoms with Gasteiger partial charge in [-0.1, -0.05) is 78.9 Å². The second kappa shape index (κ2) is 9.40. The quantitative estimate of drug-likeness (QED) is 0.270. The number of aryl methyl sites for hydroxylation is 2. The minimum absolute atomic E-state index is 0.727. The van der Waals surface area contributed by atoms with Crippen LogP contribution < -0.4 is 4.74 Å². The van der Waals surface area contributed by atoms with E-state index in [9.17, 15) is 0 Å². The molecule has 5 rings (SSSR count). The average molecular weight is 445 g/mol. The Morgan fingerprint density at radius 1 is 0.676 bits per heavy atom. The fourth-order valence-corrected chi connectivity index (χ4v) is 4.47. The summed E-state index contributed by atoms with van der Waals surface area (Å²) in [7, 11) is 1.69. The van der Waals surface area contributed by atoms with Gasteiger partial charge in [0.05, 0.1) is 18.5 Å². The van der Waals surface area contributed by atoms with Crippen LogP contribution in [0.15, 0.2) is 103 Å². The highest BCUT2D eigenvalue weighted by Crippen LogP contribution is 2.39. The molecule has 0 aliphatic heterocycles. The molecule has 0 saturated carbocycles. The summed E-state index contributed by atoms with van der Waals surface area (Å²) in [4.78, 5) is 5.30. The third-order valence-electron chi connectivity index (χ3n) is 6.30. The number of methoxy groups -OCH3 is 1. The predicted molar refractivity (Wildman–Crippen MR) is 140 cm³/mol. The van der Waals surface area contributed by atoms with E-state index in [0.29, 0.717) is 0 Å². The first-order valence-electron chi connectivity index (χ1n) is 11.6. The summed E-state index contributed by atoms with van der Waals surface area (Å²) in [5, 5.41) is 0. The SMILES string of the molecule is COc1ccc(-c2nc(-c3ccccc3C)c(-c3ccccc3C)n2Cc2ccccc2)cc1. The van der Waals surface area contributed by atoms with Crippen LogP contribution in [0.25, 0.3) is 33.9 Å². The van der Waals surface area contributed by atoms with Gasteiger partial charge in [0.2, 0.25) is 0 Å². The van der Waals surface area contributed by atoms with Crippen LogP contribution >= 0.6 is 0 Å². The van der Waals surface area contributed by atoms with Crippen molar-refractivity contribution < 1.29 is 4.74 Å². The standard InChI is InChI=1S/C31H28N2O/c1-22-11-7-9-15-27(22)29-30(28-16-10-8-12-23(28)2)33(21-24-13-5-4-6-14-24)31(32-29)25-17-19-26(34-3)20-18-25/h4-20H,21H2,1-3H3. The lowest BCUT2D eigenvalue weighted by Gasteiger charge is -2.16. The van der Waals surface area contributed by atoms with Crippen molar-refractivity contribution in [3.8, 4) is 39.7 Å². The monoisotopic (exact) mass is 444 g/mol. The molecule has 0 saturated heterocycles. The lowest BCUT2D eigenvalue weighted by Crippen LogP contribution is -2.05. The van der Waals surface area contributed by atoms with E-state index >= 15 is 0 Å². The maximum absolute atomic E-state index is 5.40. The van der Waals surface area contributed by atoms with Crippen LogP contribution in [-0.2, 0) is 6.54 Å². The van der Waals surface area contributed by atoms with Crippen molar-refractivity contribution in [2.75, 3.05) is 7.11 Å². The van der Waals surface area contributed by atoms with Crippen LogP contribution in [0.4, 0.5) is 0 Å². The fourth-order valence-electron chi connectivity index (χ4n) is 4.47. The summed E-state index contributed by atoms with van der Waals surface area (Å²) < 4.78 is 7.77. The van der Waals surface area contributed by atoms with Gasteiger partial charge in [-0.15, -0.1) is 0 Å². The molecule has 0 aliphatic carbocycles. The summed E-state index contributed by atoms with van der Waals surface area (Å²) in [6.45, 7) is 5.05. The predicted octanol–water partition coefficient (Wildman–Crippen LogP) is 7.56. The first kappa shape index (κ1) is 21.7. The zero-order chi connectivity index (χ0) is 23.5. The molecule has 0 unspecified atom stereocenters. The molecule has 34 heavy (non-hydrogen) atoms. The van der Waals surface area contributed by atoms with Crippen molar-refractivity contribution in [1.82, 2.24) is 9.55 Å². The minimum Gasteiger partial charge on any atom is -0.497 e. The lowest BCUT2D eigenvalue weighted by atomic mass is 9.98. The van der Waals surface area contributed by atoms with Gasteiger partial charge in [-0.05, 0) is 54.8 Å². The van der Waals surface area contributed by atoms with E-state index in [1.165, 1.54) is 22.3 Å². The van der Waals surface area contributed by atoms with Crippen LogP contribution in [0.1, 0.15) is 16.7 Å². The summed E-state index contributed by atoms with van der Waals surface area (Å²) in [6, 6.07) is 35.8. The highest BCUT2D eigenvalue weighted by Gasteiger charge is 2.23. The molecule has 0 aliphatic rings. The summed E-state index contributed by atoms with van der Waals surface area (Å²) >= 11 is 0. The van der Waals surface area contributed by atoms with Crippen molar-refractivity contribution in [1.29, 1.82) is 0 Å². The molecule has 0 bridgehead atoms. The summed E-state index contributed by atoms with van der Waals surface area (Å²) in [5.74, 6) is 1.78. The highest BCUT2D eigenvalue weighted by molar-refractivity contribution is 5.84. The Balaban J connectivity index is 1.83. The van der Waals surface area contributed by atoms with E-state index in [0.717, 1.165) is 40.6 Å². The molecule has 0 amide bonds. The summed E-state index contributed by atoms with van der Waals surface area (Å²) in [6.07, 6.45) is 0. The van der Waals surface area contributed by atoms with Crippen molar-refractivity contribution >= 4 is 0 Å². The summed E-state index contributed by atoms with van der Waals surface area (Å²) in [5.41, 5.74) is 9.24. The average Bonchev–Trinajstić information content (AvgIpc) is 3.23. The number of hydrogen-bond acceptors (Lipinski definition) is 2.